The van der Waals surface area contributed by atoms with E-state index in [4.69, 9.17) is 5.11 Å². The largest absolute Gasteiger partial charge is 0.394 e. The Morgan fingerprint density at radius 2 is 2.00 bits per heavy atom. The lowest BCUT2D eigenvalue weighted by atomic mass is 9.96. The smallest absolute Gasteiger partial charge is 0.142 e. The van der Waals surface area contributed by atoms with Crippen molar-refractivity contribution in [2.45, 2.75) is 24.4 Å². The van der Waals surface area contributed by atoms with Crippen molar-refractivity contribution in [2.24, 2.45) is 0 Å². The first-order chi connectivity index (χ1) is 7.06. The predicted octanol–water partition coefficient (Wildman–Crippen LogP) is -1.21. The molecule has 1 aromatic rings. The zero-order valence-electron chi connectivity index (χ0n) is 7.66. The molecular formula is C8H11IN2O4. The summed E-state index contributed by atoms with van der Waals surface area (Å²) in [5.74, 6) is 0.274. The first-order valence-electron chi connectivity index (χ1n) is 4.45. The first-order valence-corrected chi connectivity index (χ1v) is 5.53. The third-order valence-electron chi connectivity index (χ3n) is 2.61. The van der Waals surface area contributed by atoms with Crippen LogP contribution in [0.4, 0.5) is 0 Å². The number of fused-ring (bicyclic) bond motifs is 1. The molecule has 0 aliphatic carbocycles. The van der Waals surface area contributed by atoms with Crippen LogP contribution in [-0.2, 0) is 0 Å². The van der Waals surface area contributed by atoms with Crippen LogP contribution in [0, 0.1) is 3.70 Å². The Kier molecular flexibility index (Phi) is 2.99. The van der Waals surface area contributed by atoms with E-state index in [1.165, 1.54) is 4.57 Å². The van der Waals surface area contributed by atoms with Crippen molar-refractivity contribution in [1.82, 2.24) is 9.55 Å². The Morgan fingerprint density at radius 1 is 1.33 bits per heavy atom. The molecule has 1 aliphatic heterocycles. The molecular weight excluding hydrogens is 315 g/mol. The van der Waals surface area contributed by atoms with E-state index >= 15 is 0 Å². The standard InChI is InChI=1S/C8H11IN2O4/c9-4-1-11-3(2-12)5(13)6(14)7(15)8(11)10-4/h1,3,5-7,12-15H,2H2/t3-,5-,6+,7-/m1/s1. The molecule has 0 radical (unpaired) electrons. The van der Waals surface area contributed by atoms with E-state index in [-0.39, 0.29) is 12.4 Å². The molecule has 0 bridgehead atoms. The third kappa shape index (κ3) is 1.68. The maximum Gasteiger partial charge on any atom is 0.142 e. The van der Waals surface area contributed by atoms with Gasteiger partial charge in [-0.25, -0.2) is 4.98 Å². The van der Waals surface area contributed by atoms with Crippen LogP contribution in [0.3, 0.4) is 0 Å². The van der Waals surface area contributed by atoms with Gasteiger partial charge in [0.2, 0.25) is 0 Å². The minimum Gasteiger partial charge on any atom is -0.394 e. The van der Waals surface area contributed by atoms with Crippen LogP contribution in [0.5, 0.6) is 0 Å². The molecule has 6 nitrogen and oxygen atoms in total. The highest BCUT2D eigenvalue weighted by Gasteiger charge is 2.41. The van der Waals surface area contributed by atoms with Crippen molar-refractivity contribution in [2.75, 3.05) is 6.61 Å². The summed E-state index contributed by atoms with van der Waals surface area (Å²) in [6.07, 6.45) is -2.10. The van der Waals surface area contributed by atoms with Gasteiger partial charge in [-0.15, -0.1) is 0 Å². The van der Waals surface area contributed by atoms with Crippen LogP contribution >= 0.6 is 22.6 Å². The number of aromatic nitrogens is 2. The van der Waals surface area contributed by atoms with Crippen LogP contribution in [0.15, 0.2) is 6.20 Å². The number of hydrogen-bond acceptors (Lipinski definition) is 5. The van der Waals surface area contributed by atoms with E-state index in [2.05, 4.69) is 4.98 Å². The second kappa shape index (κ2) is 3.98. The lowest BCUT2D eigenvalue weighted by molar-refractivity contribution is -0.108. The molecule has 7 heteroatoms. The van der Waals surface area contributed by atoms with Crippen molar-refractivity contribution < 1.29 is 20.4 Å². The van der Waals surface area contributed by atoms with Gasteiger partial charge < -0.3 is 25.0 Å². The molecule has 0 saturated heterocycles. The summed E-state index contributed by atoms with van der Waals surface area (Å²) in [7, 11) is 0. The van der Waals surface area contributed by atoms with Gasteiger partial charge >= 0.3 is 0 Å². The molecule has 2 rings (SSSR count). The van der Waals surface area contributed by atoms with Crippen molar-refractivity contribution in [3.8, 4) is 0 Å². The van der Waals surface area contributed by atoms with Crippen LogP contribution in [0.25, 0.3) is 0 Å². The van der Waals surface area contributed by atoms with E-state index in [1.54, 1.807) is 6.20 Å². The van der Waals surface area contributed by atoms with E-state index < -0.39 is 24.4 Å². The summed E-state index contributed by atoms with van der Waals surface area (Å²) in [6.45, 7) is -0.315. The highest BCUT2D eigenvalue weighted by Crippen LogP contribution is 2.32. The van der Waals surface area contributed by atoms with Gasteiger partial charge in [-0.2, -0.15) is 0 Å². The Bertz CT molecular complexity index is 370. The SMILES string of the molecule is OC[C@@H]1[C@@H](O)[C@H](O)[C@@H](O)c2nc(I)cn21. The highest BCUT2D eigenvalue weighted by molar-refractivity contribution is 14.1. The molecule has 0 amide bonds. The second-order valence-electron chi connectivity index (χ2n) is 3.51. The van der Waals surface area contributed by atoms with Gasteiger partial charge in [0.05, 0.1) is 12.6 Å². The van der Waals surface area contributed by atoms with Gasteiger partial charge in [-0.3, -0.25) is 0 Å². The third-order valence-corrected chi connectivity index (χ3v) is 3.13. The van der Waals surface area contributed by atoms with Gasteiger partial charge in [-0.1, -0.05) is 0 Å². The lowest BCUT2D eigenvalue weighted by Crippen LogP contribution is -2.46. The van der Waals surface area contributed by atoms with Gasteiger partial charge in [0.1, 0.15) is 27.8 Å². The number of imidazole rings is 1. The van der Waals surface area contributed by atoms with Gasteiger partial charge in [-0.05, 0) is 22.6 Å². The van der Waals surface area contributed by atoms with Crippen molar-refractivity contribution in [1.29, 1.82) is 0 Å². The summed E-state index contributed by atoms with van der Waals surface area (Å²) in [5.41, 5.74) is 0. The average molecular weight is 326 g/mol. The Balaban J connectivity index is 2.49. The molecule has 0 saturated carbocycles. The lowest BCUT2D eigenvalue weighted by Gasteiger charge is -2.35. The average Bonchev–Trinajstić information content (AvgIpc) is 2.58. The minimum absolute atomic E-state index is 0.274. The molecule has 1 aliphatic rings. The van der Waals surface area contributed by atoms with Crippen molar-refractivity contribution in [3.63, 3.8) is 0 Å². The number of aliphatic hydroxyl groups excluding tert-OH is 4. The summed E-state index contributed by atoms with van der Waals surface area (Å²) < 4.78 is 2.14. The maximum atomic E-state index is 9.65. The number of halogens is 1. The van der Waals surface area contributed by atoms with Crippen molar-refractivity contribution >= 4 is 22.6 Å². The van der Waals surface area contributed by atoms with E-state index in [9.17, 15) is 15.3 Å². The quantitative estimate of drug-likeness (QED) is 0.486. The van der Waals surface area contributed by atoms with Crippen LogP contribution < -0.4 is 0 Å². The fourth-order valence-electron chi connectivity index (χ4n) is 1.79. The normalized spacial score (nSPS) is 35.3. The Labute approximate surface area is 99.3 Å². The molecule has 4 atom stereocenters. The molecule has 0 fully saturated rings. The van der Waals surface area contributed by atoms with Crippen LogP contribution in [0.1, 0.15) is 18.0 Å². The molecule has 0 aromatic carbocycles. The van der Waals surface area contributed by atoms with Crippen LogP contribution in [0.2, 0.25) is 0 Å². The monoisotopic (exact) mass is 326 g/mol. The maximum absolute atomic E-state index is 9.65. The van der Waals surface area contributed by atoms with Gasteiger partial charge in [0.25, 0.3) is 0 Å². The van der Waals surface area contributed by atoms with Gasteiger partial charge in [0.15, 0.2) is 0 Å². The summed E-state index contributed by atoms with van der Waals surface area (Å²) in [6, 6.07) is -0.658. The van der Waals surface area contributed by atoms with E-state index in [0.29, 0.717) is 3.70 Å². The highest BCUT2D eigenvalue weighted by atomic mass is 127. The minimum atomic E-state index is -1.31. The fourth-order valence-corrected chi connectivity index (χ4v) is 2.34. The Morgan fingerprint density at radius 3 is 2.60 bits per heavy atom. The summed E-state index contributed by atoms with van der Waals surface area (Å²) in [5, 5.41) is 37.9. The first kappa shape index (κ1) is 11.3. The molecule has 1 aromatic heterocycles. The number of rotatable bonds is 1. The topological polar surface area (TPSA) is 98.7 Å². The number of hydrogen-bond donors (Lipinski definition) is 4. The zero-order valence-corrected chi connectivity index (χ0v) is 9.81. The number of aliphatic hydroxyl groups is 4. The van der Waals surface area contributed by atoms with Crippen molar-refractivity contribution in [3.05, 3.63) is 15.7 Å². The van der Waals surface area contributed by atoms with Crippen LogP contribution in [-0.4, -0.2) is 48.8 Å². The summed E-state index contributed by atoms with van der Waals surface area (Å²) in [4.78, 5) is 4.03. The molecule has 84 valence electrons. The molecule has 15 heavy (non-hydrogen) atoms. The summed E-state index contributed by atoms with van der Waals surface area (Å²) >= 11 is 1.96. The van der Waals surface area contributed by atoms with Gasteiger partial charge in [0, 0.05) is 6.20 Å². The Hall–Kier alpha value is -0.220. The molecule has 2 heterocycles. The molecule has 0 spiro atoms. The van der Waals surface area contributed by atoms with E-state index in [1.807, 2.05) is 22.6 Å². The predicted molar refractivity (Wildman–Crippen MR) is 58.0 cm³/mol. The number of nitrogens with zero attached hydrogens (tertiary/aromatic N) is 2. The van der Waals surface area contributed by atoms with E-state index in [0.717, 1.165) is 0 Å². The molecule has 4 N–H and O–H groups in total. The second-order valence-corrected chi connectivity index (χ2v) is 4.61. The zero-order chi connectivity index (χ0) is 11.2. The fraction of sp³-hybridized carbons (Fsp3) is 0.625. The molecule has 0 unspecified atom stereocenters.